The normalized spacial score (nSPS) is 20.1. The molecular weight excluding hydrogens is 376 g/mol. The summed E-state index contributed by atoms with van der Waals surface area (Å²) < 4.78 is 0. The fraction of sp³-hybridized carbons (Fsp3) is 0.474. The average molecular weight is 403 g/mol. The first kappa shape index (κ1) is 20.1. The first-order valence-electron chi connectivity index (χ1n) is 9.10. The summed E-state index contributed by atoms with van der Waals surface area (Å²) in [5, 5.41) is 8.18. The van der Waals surface area contributed by atoms with E-state index in [2.05, 4.69) is 20.6 Å². The lowest BCUT2D eigenvalue weighted by Crippen LogP contribution is -2.55. The molecule has 28 heavy (non-hydrogen) atoms. The quantitative estimate of drug-likeness (QED) is 0.789. The van der Waals surface area contributed by atoms with Gasteiger partial charge < -0.3 is 20.4 Å². The summed E-state index contributed by atoms with van der Waals surface area (Å²) >= 11 is 1.48. The Morgan fingerprint density at radius 3 is 2.71 bits per heavy atom. The van der Waals surface area contributed by atoms with Gasteiger partial charge in [-0.1, -0.05) is 20.8 Å². The van der Waals surface area contributed by atoms with E-state index in [1.54, 1.807) is 13.2 Å². The van der Waals surface area contributed by atoms with Gasteiger partial charge >= 0.3 is 0 Å². The van der Waals surface area contributed by atoms with Crippen molar-refractivity contribution >= 4 is 29.0 Å². The molecule has 0 saturated carbocycles. The van der Waals surface area contributed by atoms with Gasteiger partial charge in [0.2, 0.25) is 5.91 Å². The number of carbonyl (C=O) groups is 2. The topological polar surface area (TPSA) is 89.9 Å². The Bertz CT molecular complexity index is 837. The second-order valence-electron chi connectivity index (χ2n) is 7.83. The Labute approximate surface area is 169 Å². The number of nitrogens with one attached hydrogen (secondary N) is 2. The third-order valence-electron chi connectivity index (χ3n) is 4.60. The summed E-state index contributed by atoms with van der Waals surface area (Å²) in [5.74, 6) is 0.142. The number of hydrogen-bond donors (Lipinski definition) is 2. The molecule has 2 aliphatic rings. The number of nitrogens with zero attached hydrogens (tertiary/aromatic N) is 4. The number of fused-ring (bicyclic) bond motifs is 1. The van der Waals surface area contributed by atoms with Gasteiger partial charge in [0.05, 0.1) is 5.70 Å². The number of rotatable bonds is 4. The SMILES string of the molecule is CNC(=O)C(NC(=O)C1N=C(c2nccs2)N2CC=CN(C)C=C12)C(C)(C)C. The van der Waals surface area contributed by atoms with Crippen molar-refractivity contribution in [2.75, 3.05) is 20.6 Å². The highest BCUT2D eigenvalue weighted by Gasteiger charge is 2.40. The molecule has 8 nitrogen and oxygen atoms in total. The molecule has 3 heterocycles. The van der Waals surface area contributed by atoms with Crippen LogP contribution in [0.3, 0.4) is 0 Å². The van der Waals surface area contributed by atoms with Gasteiger partial charge in [-0.05, 0) is 11.5 Å². The smallest absolute Gasteiger partial charge is 0.251 e. The fourth-order valence-corrected chi connectivity index (χ4v) is 3.81. The van der Waals surface area contributed by atoms with Crippen LogP contribution in [0.1, 0.15) is 25.8 Å². The second kappa shape index (κ2) is 7.75. The van der Waals surface area contributed by atoms with Crippen molar-refractivity contribution in [2.24, 2.45) is 10.4 Å². The number of carbonyl (C=O) groups excluding carboxylic acids is 2. The van der Waals surface area contributed by atoms with E-state index in [4.69, 9.17) is 0 Å². The summed E-state index contributed by atoms with van der Waals surface area (Å²) in [6.45, 7) is 6.35. The summed E-state index contributed by atoms with van der Waals surface area (Å²) in [6.07, 6.45) is 7.57. The van der Waals surface area contributed by atoms with Crippen LogP contribution in [0, 0.1) is 5.41 Å². The van der Waals surface area contributed by atoms with Crippen LogP contribution in [0.2, 0.25) is 0 Å². The summed E-state index contributed by atoms with van der Waals surface area (Å²) in [7, 11) is 3.48. The van der Waals surface area contributed by atoms with Crippen LogP contribution in [0.4, 0.5) is 0 Å². The molecule has 0 aliphatic carbocycles. The zero-order valence-electron chi connectivity index (χ0n) is 16.8. The Kier molecular flexibility index (Phi) is 5.55. The minimum absolute atomic E-state index is 0.228. The molecule has 0 aromatic carbocycles. The number of aromatic nitrogens is 1. The molecule has 2 amide bonds. The monoisotopic (exact) mass is 402 g/mol. The van der Waals surface area contributed by atoms with Gasteiger partial charge in [-0.2, -0.15) is 0 Å². The van der Waals surface area contributed by atoms with Crippen LogP contribution in [0.15, 0.2) is 40.7 Å². The largest absolute Gasteiger partial charge is 0.357 e. The summed E-state index contributed by atoms with van der Waals surface area (Å²) in [5.41, 5.74) is 0.325. The highest BCUT2D eigenvalue weighted by molar-refractivity contribution is 7.11. The van der Waals surface area contributed by atoms with E-state index in [1.165, 1.54) is 11.3 Å². The number of amidine groups is 1. The van der Waals surface area contributed by atoms with Crippen molar-refractivity contribution in [2.45, 2.75) is 32.9 Å². The molecule has 1 aromatic heterocycles. The second-order valence-corrected chi connectivity index (χ2v) is 8.72. The predicted octanol–water partition coefficient (Wildman–Crippen LogP) is 1.15. The molecule has 2 N–H and O–H groups in total. The Morgan fingerprint density at radius 2 is 2.11 bits per heavy atom. The van der Waals surface area contributed by atoms with E-state index in [-0.39, 0.29) is 11.8 Å². The minimum Gasteiger partial charge on any atom is -0.357 e. The molecule has 150 valence electrons. The summed E-state index contributed by atoms with van der Waals surface area (Å²) in [6, 6.07) is -1.41. The fourth-order valence-electron chi connectivity index (χ4n) is 3.17. The molecule has 0 fully saturated rings. The Balaban J connectivity index is 1.94. The highest BCUT2D eigenvalue weighted by Crippen LogP contribution is 2.29. The van der Waals surface area contributed by atoms with Crippen LogP contribution in [0.25, 0.3) is 0 Å². The average Bonchev–Trinajstić information content (AvgIpc) is 3.22. The van der Waals surface area contributed by atoms with E-state index in [9.17, 15) is 9.59 Å². The van der Waals surface area contributed by atoms with E-state index in [1.807, 2.05) is 61.5 Å². The lowest BCUT2D eigenvalue weighted by molar-refractivity contribution is -0.131. The van der Waals surface area contributed by atoms with Crippen LogP contribution in [-0.2, 0) is 9.59 Å². The van der Waals surface area contributed by atoms with Crippen LogP contribution in [0.5, 0.6) is 0 Å². The van der Waals surface area contributed by atoms with E-state index in [0.717, 1.165) is 10.7 Å². The van der Waals surface area contributed by atoms with Crippen molar-refractivity contribution in [3.63, 3.8) is 0 Å². The van der Waals surface area contributed by atoms with Gasteiger partial charge in [0.1, 0.15) is 6.04 Å². The standard InChI is InChI=1S/C19H26N6O2S/c1-19(2,3)14(17(27)20-4)23-16(26)13-12-11-24(5)8-6-9-25(12)15(22-13)18-21-7-10-28-18/h6-8,10-11,13-14H,9H2,1-5H3,(H,20,27)(H,23,26). The highest BCUT2D eigenvalue weighted by atomic mass is 32.1. The van der Waals surface area contributed by atoms with Gasteiger partial charge in [0.15, 0.2) is 16.9 Å². The zero-order valence-corrected chi connectivity index (χ0v) is 17.6. The van der Waals surface area contributed by atoms with Crippen LogP contribution >= 0.6 is 11.3 Å². The maximum atomic E-state index is 13.2. The number of amides is 2. The minimum atomic E-state index is -0.740. The molecule has 0 spiro atoms. The van der Waals surface area contributed by atoms with Gasteiger partial charge in [-0.15, -0.1) is 11.3 Å². The summed E-state index contributed by atoms with van der Waals surface area (Å²) in [4.78, 5) is 38.5. The van der Waals surface area contributed by atoms with Gasteiger partial charge in [-0.25, -0.2) is 9.98 Å². The maximum absolute atomic E-state index is 13.2. The van der Waals surface area contributed by atoms with Gasteiger partial charge in [0.25, 0.3) is 5.91 Å². The predicted molar refractivity (Wildman–Crippen MR) is 110 cm³/mol. The molecule has 2 unspecified atom stereocenters. The first-order valence-corrected chi connectivity index (χ1v) is 9.98. The van der Waals surface area contributed by atoms with E-state index in [0.29, 0.717) is 12.4 Å². The third-order valence-corrected chi connectivity index (χ3v) is 5.37. The van der Waals surface area contributed by atoms with E-state index < -0.39 is 17.5 Å². The molecule has 0 radical (unpaired) electrons. The third kappa shape index (κ3) is 3.94. The lowest BCUT2D eigenvalue weighted by atomic mass is 9.86. The van der Waals surface area contributed by atoms with Crippen molar-refractivity contribution < 1.29 is 9.59 Å². The molecule has 9 heteroatoms. The molecule has 1 aromatic rings. The number of thiazole rings is 1. The van der Waals surface area contributed by atoms with Crippen LogP contribution in [-0.4, -0.2) is 65.2 Å². The number of hydrogen-bond acceptors (Lipinski definition) is 7. The van der Waals surface area contributed by atoms with Crippen molar-refractivity contribution in [3.05, 3.63) is 40.8 Å². The lowest BCUT2D eigenvalue weighted by Gasteiger charge is -2.30. The number of likely N-dealkylation sites (N-methyl/N-ethyl adjacent to an activating group) is 1. The molecule has 0 bridgehead atoms. The maximum Gasteiger partial charge on any atom is 0.251 e. The Morgan fingerprint density at radius 1 is 1.36 bits per heavy atom. The first-order chi connectivity index (χ1) is 13.2. The number of aliphatic imine (C=N–C) groups is 1. The van der Waals surface area contributed by atoms with Gasteiger partial charge in [0, 0.05) is 44.6 Å². The van der Waals surface area contributed by atoms with Crippen molar-refractivity contribution in [1.82, 2.24) is 25.4 Å². The molecular formula is C19H26N6O2S. The van der Waals surface area contributed by atoms with Crippen LogP contribution < -0.4 is 10.6 Å². The van der Waals surface area contributed by atoms with E-state index >= 15 is 0 Å². The molecule has 2 atom stereocenters. The molecule has 0 saturated heterocycles. The Hall–Kier alpha value is -2.68. The van der Waals surface area contributed by atoms with Crippen molar-refractivity contribution in [3.8, 4) is 0 Å². The zero-order chi connectivity index (χ0) is 20.5. The molecule has 2 aliphatic heterocycles. The van der Waals surface area contributed by atoms with Crippen molar-refractivity contribution in [1.29, 1.82) is 0 Å². The molecule has 3 rings (SSSR count). The van der Waals surface area contributed by atoms with Gasteiger partial charge in [-0.3, -0.25) is 9.59 Å².